The third-order valence-corrected chi connectivity index (χ3v) is 4.22. The molecule has 1 aromatic carbocycles. The fourth-order valence-electron chi connectivity index (χ4n) is 2.20. The van der Waals surface area contributed by atoms with Gasteiger partial charge in [0.1, 0.15) is 0 Å². The van der Waals surface area contributed by atoms with Crippen LogP contribution in [0.3, 0.4) is 0 Å². The smallest absolute Gasteiger partial charge is 0.00684 e. The van der Waals surface area contributed by atoms with E-state index in [1.807, 2.05) is 0 Å². The van der Waals surface area contributed by atoms with Gasteiger partial charge in [0.25, 0.3) is 0 Å². The minimum Gasteiger partial charge on any atom is -0.313 e. The highest BCUT2D eigenvalue weighted by Gasteiger charge is 2.31. The molecular formula is C16H25N. The van der Waals surface area contributed by atoms with Gasteiger partial charge in [0, 0.05) is 12.6 Å². The average Bonchev–Trinajstić information content (AvgIpc) is 3.11. The second-order valence-corrected chi connectivity index (χ2v) is 6.13. The van der Waals surface area contributed by atoms with Crippen molar-refractivity contribution in [2.24, 2.45) is 11.3 Å². The van der Waals surface area contributed by atoms with E-state index in [4.69, 9.17) is 0 Å². The summed E-state index contributed by atoms with van der Waals surface area (Å²) in [5.74, 6) is 0.703. The molecule has 1 saturated carbocycles. The summed E-state index contributed by atoms with van der Waals surface area (Å²) in [6.45, 7) is 8.25. The molecule has 1 heteroatoms. The Labute approximate surface area is 106 Å². The predicted molar refractivity (Wildman–Crippen MR) is 74.1 cm³/mol. The van der Waals surface area contributed by atoms with Gasteiger partial charge < -0.3 is 5.32 Å². The second-order valence-electron chi connectivity index (χ2n) is 6.13. The minimum absolute atomic E-state index is 0.365. The average molecular weight is 231 g/mol. The van der Waals surface area contributed by atoms with Gasteiger partial charge in [-0.2, -0.15) is 0 Å². The van der Waals surface area contributed by atoms with Crippen LogP contribution < -0.4 is 5.32 Å². The fraction of sp³-hybridized carbons (Fsp3) is 0.625. The second kappa shape index (κ2) is 5.22. The molecule has 1 N–H and O–H groups in total. The summed E-state index contributed by atoms with van der Waals surface area (Å²) < 4.78 is 0. The van der Waals surface area contributed by atoms with Gasteiger partial charge in [-0.15, -0.1) is 0 Å². The van der Waals surface area contributed by atoms with Gasteiger partial charge in [0.05, 0.1) is 0 Å². The first kappa shape index (κ1) is 12.6. The summed E-state index contributed by atoms with van der Waals surface area (Å²) in [5, 5.41) is 3.70. The standard InChI is InChI=1S/C16H25N/c1-13(2)16(3,12-17-15-9-10-15)11-14-7-5-4-6-8-14/h4-8,13,15,17H,9-12H2,1-3H3. The summed E-state index contributed by atoms with van der Waals surface area (Å²) in [4.78, 5) is 0. The highest BCUT2D eigenvalue weighted by molar-refractivity contribution is 5.16. The highest BCUT2D eigenvalue weighted by Crippen LogP contribution is 2.32. The van der Waals surface area contributed by atoms with Crippen LogP contribution in [0.1, 0.15) is 39.2 Å². The molecule has 0 heterocycles. The lowest BCUT2D eigenvalue weighted by Crippen LogP contribution is -2.38. The van der Waals surface area contributed by atoms with Gasteiger partial charge >= 0.3 is 0 Å². The van der Waals surface area contributed by atoms with Gasteiger partial charge in [-0.3, -0.25) is 0 Å². The fourth-order valence-corrected chi connectivity index (χ4v) is 2.20. The van der Waals surface area contributed by atoms with Crippen molar-refractivity contribution in [3.63, 3.8) is 0 Å². The maximum absolute atomic E-state index is 3.70. The van der Waals surface area contributed by atoms with Gasteiger partial charge in [-0.05, 0) is 36.2 Å². The SMILES string of the molecule is CC(C)C(C)(CNC1CC1)Cc1ccccc1. The molecular weight excluding hydrogens is 206 g/mol. The quantitative estimate of drug-likeness (QED) is 0.788. The van der Waals surface area contributed by atoms with Crippen LogP contribution in [0.25, 0.3) is 0 Å². The van der Waals surface area contributed by atoms with E-state index in [-0.39, 0.29) is 0 Å². The summed E-state index contributed by atoms with van der Waals surface area (Å²) in [6, 6.07) is 11.7. The molecule has 1 fully saturated rings. The van der Waals surface area contributed by atoms with Crippen molar-refractivity contribution in [2.75, 3.05) is 6.54 Å². The zero-order valence-corrected chi connectivity index (χ0v) is 11.4. The number of hydrogen-bond donors (Lipinski definition) is 1. The molecule has 1 aliphatic carbocycles. The molecule has 94 valence electrons. The van der Waals surface area contributed by atoms with E-state index in [1.54, 1.807) is 0 Å². The van der Waals surface area contributed by atoms with Crippen molar-refractivity contribution >= 4 is 0 Å². The van der Waals surface area contributed by atoms with E-state index in [1.165, 1.54) is 24.8 Å². The Hall–Kier alpha value is -0.820. The normalized spacial score (nSPS) is 19.3. The van der Waals surface area contributed by atoms with Crippen molar-refractivity contribution in [3.8, 4) is 0 Å². The van der Waals surface area contributed by atoms with Crippen LogP contribution >= 0.6 is 0 Å². The molecule has 1 aliphatic rings. The summed E-state index contributed by atoms with van der Waals surface area (Å²) in [7, 11) is 0. The maximum Gasteiger partial charge on any atom is 0.00684 e. The Morgan fingerprint density at radius 1 is 1.24 bits per heavy atom. The first-order valence-electron chi connectivity index (χ1n) is 6.87. The van der Waals surface area contributed by atoms with Crippen molar-refractivity contribution in [1.29, 1.82) is 0 Å². The Bertz CT molecular complexity index is 340. The van der Waals surface area contributed by atoms with Crippen molar-refractivity contribution in [1.82, 2.24) is 5.32 Å². The van der Waals surface area contributed by atoms with Crippen LogP contribution in [0.5, 0.6) is 0 Å². The molecule has 0 bridgehead atoms. The van der Waals surface area contributed by atoms with Gasteiger partial charge in [-0.25, -0.2) is 0 Å². The lowest BCUT2D eigenvalue weighted by molar-refractivity contribution is 0.206. The largest absolute Gasteiger partial charge is 0.313 e. The lowest BCUT2D eigenvalue weighted by Gasteiger charge is -2.34. The van der Waals surface area contributed by atoms with Crippen LogP contribution in [-0.2, 0) is 6.42 Å². The number of rotatable bonds is 6. The van der Waals surface area contributed by atoms with Crippen LogP contribution in [0.15, 0.2) is 30.3 Å². The van der Waals surface area contributed by atoms with E-state index in [0.717, 1.165) is 12.6 Å². The van der Waals surface area contributed by atoms with E-state index >= 15 is 0 Å². The Balaban J connectivity index is 1.99. The topological polar surface area (TPSA) is 12.0 Å². The molecule has 0 radical (unpaired) electrons. The minimum atomic E-state index is 0.365. The van der Waals surface area contributed by atoms with E-state index < -0.39 is 0 Å². The summed E-state index contributed by atoms with van der Waals surface area (Å²) in [6.07, 6.45) is 3.92. The molecule has 1 atom stereocenters. The Morgan fingerprint density at radius 3 is 2.41 bits per heavy atom. The van der Waals surface area contributed by atoms with E-state index in [9.17, 15) is 0 Å². The van der Waals surface area contributed by atoms with Crippen molar-refractivity contribution in [3.05, 3.63) is 35.9 Å². The third kappa shape index (κ3) is 3.57. The van der Waals surface area contributed by atoms with Gasteiger partial charge in [0.2, 0.25) is 0 Å². The monoisotopic (exact) mass is 231 g/mol. The van der Waals surface area contributed by atoms with E-state index in [2.05, 4.69) is 56.4 Å². The number of benzene rings is 1. The first-order chi connectivity index (χ1) is 8.10. The van der Waals surface area contributed by atoms with E-state index in [0.29, 0.717) is 11.3 Å². The molecule has 0 amide bonds. The maximum atomic E-state index is 3.70. The van der Waals surface area contributed by atoms with Crippen LogP contribution in [0.2, 0.25) is 0 Å². The van der Waals surface area contributed by atoms with Crippen LogP contribution in [-0.4, -0.2) is 12.6 Å². The van der Waals surface area contributed by atoms with Crippen LogP contribution in [0, 0.1) is 11.3 Å². The lowest BCUT2D eigenvalue weighted by atomic mass is 9.74. The molecule has 1 nitrogen and oxygen atoms in total. The van der Waals surface area contributed by atoms with Crippen molar-refractivity contribution < 1.29 is 0 Å². The van der Waals surface area contributed by atoms with Gasteiger partial charge in [0.15, 0.2) is 0 Å². The zero-order valence-electron chi connectivity index (χ0n) is 11.4. The van der Waals surface area contributed by atoms with Gasteiger partial charge in [-0.1, -0.05) is 51.1 Å². The number of hydrogen-bond acceptors (Lipinski definition) is 1. The first-order valence-corrected chi connectivity index (χ1v) is 6.87. The predicted octanol–water partition coefficient (Wildman–Crippen LogP) is 3.64. The van der Waals surface area contributed by atoms with Crippen LogP contribution in [0.4, 0.5) is 0 Å². The summed E-state index contributed by atoms with van der Waals surface area (Å²) in [5.41, 5.74) is 1.82. The molecule has 0 saturated heterocycles. The molecule has 1 aromatic rings. The zero-order chi connectivity index (χ0) is 12.3. The third-order valence-electron chi connectivity index (χ3n) is 4.22. The molecule has 1 unspecified atom stereocenters. The highest BCUT2D eigenvalue weighted by atomic mass is 15.0. The Kier molecular flexibility index (Phi) is 3.88. The molecule has 0 aliphatic heterocycles. The molecule has 0 spiro atoms. The molecule has 17 heavy (non-hydrogen) atoms. The summed E-state index contributed by atoms with van der Waals surface area (Å²) >= 11 is 0. The Morgan fingerprint density at radius 2 is 1.88 bits per heavy atom. The number of nitrogens with one attached hydrogen (secondary N) is 1. The van der Waals surface area contributed by atoms with Crippen molar-refractivity contribution in [2.45, 2.75) is 46.1 Å². The molecule has 2 rings (SSSR count). The molecule has 0 aromatic heterocycles.